The van der Waals surface area contributed by atoms with Crippen LogP contribution >= 0.6 is 11.6 Å². The maximum absolute atomic E-state index is 13.7. The highest BCUT2D eigenvalue weighted by molar-refractivity contribution is 7.90. The lowest BCUT2D eigenvalue weighted by Gasteiger charge is -2.15. The van der Waals surface area contributed by atoms with Crippen LogP contribution in [0.3, 0.4) is 0 Å². The van der Waals surface area contributed by atoms with Crippen LogP contribution < -0.4 is 11.1 Å². The van der Waals surface area contributed by atoms with Gasteiger partial charge in [0, 0.05) is 56.2 Å². The highest BCUT2D eigenvalue weighted by atomic mass is 35.5. The Morgan fingerprint density at radius 1 is 0.846 bits per heavy atom. The molecule has 200 valence electrons. The summed E-state index contributed by atoms with van der Waals surface area (Å²) in [5.41, 5.74) is 3.59. The molecule has 0 unspecified atom stereocenters. The Hall–Kier alpha value is -3.92. The van der Waals surface area contributed by atoms with E-state index in [0.29, 0.717) is 23.1 Å². The van der Waals surface area contributed by atoms with Gasteiger partial charge < -0.3 is 13.9 Å². The first kappa shape index (κ1) is 26.7. The highest BCUT2D eigenvalue weighted by Crippen LogP contribution is 2.37. The number of ether oxygens (including phenoxy) is 1. The fourth-order valence-electron chi connectivity index (χ4n) is 4.65. The third-order valence-corrected chi connectivity index (χ3v) is 8.81. The maximum atomic E-state index is 13.7. The van der Waals surface area contributed by atoms with Crippen LogP contribution in [0.4, 0.5) is 0 Å². The Balaban J connectivity index is 1.82. The number of hydrogen-bond acceptors (Lipinski definition) is 5. The molecule has 0 saturated heterocycles. The van der Waals surface area contributed by atoms with Crippen molar-refractivity contribution in [3.05, 3.63) is 110 Å². The number of fused-ring (bicyclic) bond motifs is 1. The Morgan fingerprint density at radius 3 is 2.13 bits per heavy atom. The average Bonchev–Trinajstić information content (AvgIpc) is 3.26. The van der Waals surface area contributed by atoms with Crippen LogP contribution in [0.5, 0.6) is 0 Å². The summed E-state index contributed by atoms with van der Waals surface area (Å²) in [4.78, 5) is 26.2. The third kappa shape index (κ3) is 4.63. The molecule has 0 spiro atoms. The SMILES string of the molecule is COCc1ccc(-c2cn(C)c(=O)cc2-c2cn(C)c(=O)c3c2cc(Cl)n3S(=O)(=O)c2ccc(C)cc2)cc1. The van der Waals surface area contributed by atoms with E-state index in [-0.39, 0.29) is 21.1 Å². The fraction of sp³-hybridized carbons (Fsp3) is 0.172. The van der Waals surface area contributed by atoms with Gasteiger partial charge in [0.2, 0.25) is 0 Å². The van der Waals surface area contributed by atoms with Crippen molar-refractivity contribution in [1.29, 1.82) is 0 Å². The van der Waals surface area contributed by atoms with Crippen molar-refractivity contribution >= 4 is 32.5 Å². The second kappa shape index (κ2) is 10.00. The van der Waals surface area contributed by atoms with Crippen molar-refractivity contribution in [3.63, 3.8) is 0 Å². The van der Waals surface area contributed by atoms with Gasteiger partial charge in [-0.1, -0.05) is 53.6 Å². The van der Waals surface area contributed by atoms with Crippen molar-refractivity contribution in [1.82, 2.24) is 13.1 Å². The summed E-state index contributed by atoms with van der Waals surface area (Å²) in [6.07, 6.45) is 3.32. The summed E-state index contributed by atoms with van der Waals surface area (Å²) in [5, 5.41) is 0.189. The molecular weight excluding hydrogens is 538 g/mol. The zero-order chi connectivity index (χ0) is 28.1. The average molecular weight is 564 g/mol. The summed E-state index contributed by atoms with van der Waals surface area (Å²) in [7, 11) is 0.620. The molecule has 0 bridgehead atoms. The quantitative estimate of drug-likeness (QED) is 0.298. The molecule has 8 nitrogen and oxygen atoms in total. The monoisotopic (exact) mass is 563 g/mol. The summed E-state index contributed by atoms with van der Waals surface area (Å²) in [6.45, 7) is 2.31. The Morgan fingerprint density at radius 2 is 1.49 bits per heavy atom. The Bertz CT molecular complexity index is 1950. The standard InChI is InChI=1S/C29H26ClN3O5S/c1-18-5-11-21(12-6-18)39(36,37)33-26(30)13-23-25(16-32(3)29(35)28(23)33)22-14-27(34)31(2)15-24(22)20-9-7-19(8-10-20)17-38-4/h5-16H,17H2,1-4H3. The largest absolute Gasteiger partial charge is 0.380 e. The van der Waals surface area contributed by atoms with Crippen LogP contribution in [0, 0.1) is 6.92 Å². The van der Waals surface area contributed by atoms with E-state index in [1.807, 2.05) is 31.2 Å². The first-order chi connectivity index (χ1) is 18.5. The topological polar surface area (TPSA) is 92.3 Å². The smallest absolute Gasteiger partial charge is 0.275 e. The van der Waals surface area contributed by atoms with E-state index in [2.05, 4.69) is 0 Å². The van der Waals surface area contributed by atoms with Gasteiger partial charge in [-0.2, -0.15) is 0 Å². The summed E-state index contributed by atoms with van der Waals surface area (Å²) >= 11 is 6.54. The lowest BCUT2D eigenvalue weighted by atomic mass is 9.95. The molecule has 0 saturated carbocycles. The zero-order valence-electron chi connectivity index (χ0n) is 21.8. The second-order valence-corrected chi connectivity index (χ2v) is 11.6. The van der Waals surface area contributed by atoms with Crippen LogP contribution in [-0.4, -0.2) is 28.6 Å². The van der Waals surface area contributed by atoms with Crippen LogP contribution in [-0.2, 0) is 35.5 Å². The molecule has 5 aromatic rings. The second-order valence-electron chi connectivity index (χ2n) is 9.45. The normalized spacial score (nSPS) is 11.8. The van der Waals surface area contributed by atoms with E-state index >= 15 is 0 Å². The van der Waals surface area contributed by atoms with Gasteiger partial charge in [-0.15, -0.1) is 0 Å². The van der Waals surface area contributed by atoms with E-state index in [0.717, 1.165) is 26.2 Å². The molecule has 0 atom stereocenters. The van der Waals surface area contributed by atoms with E-state index < -0.39 is 15.6 Å². The van der Waals surface area contributed by atoms with E-state index in [1.54, 1.807) is 38.7 Å². The minimum absolute atomic E-state index is 0.00498. The molecule has 0 amide bonds. The summed E-state index contributed by atoms with van der Waals surface area (Å²) < 4.78 is 36.2. The van der Waals surface area contributed by atoms with Gasteiger partial charge in [0.25, 0.3) is 21.1 Å². The van der Waals surface area contributed by atoms with E-state index in [1.165, 1.54) is 40.4 Å². The minimum atomic E-state index is -4.20. The lowest BCUT2D eigenvalue weighted by Crippen LogP contribution is -2.23. The number of methoxy groups -OCH3 is 1. The Labute approximate surface area is 230 Å². The van der Waals surface area contributed by atoms with Crippen molar-refractivity contribution in [3.8, 4) is 22.3 Å². The molecule has 0 fully saturated rings. The van der Waals surface area contributed by atoms with Crippen molar-refractivity contribution < 1.29 is 13.2 Å². The summed E-state index contributed by atoms with van der Waals surface area (Å²) in [6, 6.07) is 17.0. The highest BCUT2D eigenvalue weighted by Gasteiger charge is 2.27. The van der Waals surface area contributed by atoms with Crippen LogP contribution in [0.1, 0.15) is 11.1 Å². The number of aryl methyl sites for hydroxylation is 3. The van der Waals surface area contributed by atoms with Crippen molar-refractivity contribution in [2.45, 2.75) is 18.4 Å². The number of pyridine rings is 2. The van der Waals surface area contributed by atoms with Gasteiger partial charge in [-0.05, 0) is 41.8 Å². The van der Waals surface area contributed by atoms with Gasteiger partial charge in [0.15, 0.2) is 0 Å². The first-order valence-electron chi connectivity index (χ1n) is 12.0. The first-order valence-corrected chi connectivity index (χ1v) is 13.9. The molecule has 39 heavy (non-hydrogen) atoms. The predicted molar refractivity (Wildman–Crippen MR) is 153 cm³/mol. The number of nitrogens with zero attached hydrogens (tertiary/aromatic N) is 3. The van der Waals surface area contributed by atoms with Gasteiger partial charge in [0.05, 0.1) is 11.5 Å². The maximum Gasteiger partial charge on any atom is 0.275 e. The number of halogens is 1. The van der Waals surface area contributed by atoms with Gasteiger partial charge in [-0.25, -0.2) is 12.4 Å². The molecule has 10 heteroatoms. The molecule has 0 aliphatic heterocycles. The molecule has 5 rings (SSSR count). The molecule has 0 radical (unpaired) electrons. The molecule has 3 aromatic heterocycles. The predicted octanol–water partition coefficient (Wildman–Crippen LogP) is 4.72. The minimum Gasteiger partial charge on any atom is -0.380 e. The Kier molecular flexibility index (Phi) is 6.84. The molecule has 0 aliphatic rings. The summed E-state index contributed by atoms with van der Waals surface area (Å²) in [5.74, 6) is 0. The number of rotatable bonds is 6. The van der Waals surface area contributed by atoms with E-state index in [9.17, 15) is 18.0 Å². The number of benzene rings is 2. The van der Waals surface area contributed by atoms with Crippen LogP contribution in [0.25, 0.3) is 33.2 Å². The van der Waals surface area contributed by atoms with Gasteiger partial charge in [-0.3, -0.25) is 9.59 Å². The van der Waals surface area contributed by atoms with Gasteiger partial charge in [0.1, 0.15) is 10.7 Å². The van der Waals surface area contributed by atoms with Crippen LogP contribution in [0.15, 0.2) is 87.5 Å². The van der Waals surface area contributed by atoms with E-state index in [4.69, 9.17) is 16.3 Å². The third-order valence-electron chi connectivity index (χ3n) is 6.71. The molecule has 3 heterocycles. The molecule has 0 aliphatic carbocycles. The number of hydrogen-bond donors (Lipinski definition) is 0. The van der Waals surface area contributed by atoms with Gasteiger partial charge >= 0.3 is 0 Å². The molecular formula is C29H26ClN3O5S. The number of aromatic nitrogens is 3. The van der Waals surface area contributed by atoms with Crippen LogP contribution in [0.2, 0.25) is 5.15 Å². The molecule has 2 aromatic carbocycles. The molecule has 0 N–H and O–H groups in total. The lowest BCUT2D eigenvalue weighted by molar-refractivity contribution is 0.185. The van der Waals surface area contributed by atoms with Crippen molar-refractivity contribution in [2.24, 2.45) is 14.1 Å². The fourth-order valence-corrected chi connectivity index (χ4v) is 6.51. The van der Waals surface area contributed by atoms with Crippen molar-refractivity contribution in [2.75, 3.05) is 7.11 Å². The zero-order valence-corrected chi connectivity index (χ0v) is 23.4.